The molecule has 0 heterocycles. The lowest BCUT2D eigenvalue weighted by Crippen LogP contribution is -2.35. The van der Waals surface area contributed by atoms with Crippen LogP contribution in [0.3, 0.4) is 0 Å². The van der Waals surface area contributed by atoms with Crippen molar-refractivity contribution in [3.63, 3.8) is 0 Å². The number of aromatic hydroxyl groups is 1. The minimum Gasteiger partial charge on any atom is -0.508 e. The van der Waals surface area contributed by atoms with Crippen LogP contribution >= 0.6 is 0 Å². The van der Waals surface area contributed by atoms with Gasteiger partial charge in [0.15, 0.2) is 0 Å². The molecule has 2 atom stereocenters. The average Bonchev–Trinajstić information content (AvgIpc) is 2.71. The lowest BCUT2D eigenvalue weighted by atomic mass is 10.1. The molecular formula is C14H21NO2. The second-order valence-corrected chi connectivity index (χ2v) is 4.91. The standard InChI is InChI=1S/C14H21NO2/c1-10(9-17-3)15(2)14-7-4-11-8-12(16)5-6-13(11)14/h5-6,8,10,14,16H,4,7,9H2,1-3H3. The monoisotopic (exact) mass is 235 g/mol. The number of fused-ring (bicyclic) bond motifs is 1. The smallest absolute Gasteiger partial charge is 0.115 e. The van der Waals surface area contributed by atoms with Crippen LogP contribution in [0.4, 0.5) is 0 Å². The van der Waals surface area contributed by atoms with Gasteiger partial charge in [-0.2, -0.15) is 0 Å². The van der Waals surface area contributed by atoms with Crippen LogP contribution in [0.15, 0.2) is 18.2 Å². The molecule has 3 nitrogen and oxygen atoms in total. The molecule has 1 aliphatic rings. The molecule has 1 aromatic rings. The first-order valence-corrected chi connectivity index (χ1v) is 6.16. The minimum absolute atomic E-state index is 0.372. The summed E-state index contributed by atoms with van der Waals surface area (Å²) in [6.45, 7) is 2.93. The van der Waals surface area contributed by atoms with Gasteiger partial charge in [0.05, 0.1) is 6.61 Å². The van der Waals surface area contributed by atoms with E-state index in [-0.39, 0.29) is 0 Å². The van der Waals surface area contributed by atoms with E-state index in [2.05, 4.69) is 24.9 Å². The molecule has 0 aromatic heterocycles. The minimum atomic E-state index is 0.372. The van der Waals surface area contributed by atoms with E-state index in [4.69, 9.17) is 4.74 Å². The Kier molecular flexibility index (Phi) is 3.69. The van der Waals surface area contributed by atoms with Gasteiger partial charge in [-0.25, -0.2) is 0 Å². The first kappa shape index (κ1) is 12.4. The summed E-state index contributed by atoms with van der Waals surface area (Å²) in [5.74, 6) is 0.372. The molecule has 1 N–H and O–H groups in total. The number of ether oxygens (including phenoxy) is 1. The number of benzene rings is 1. The highest BCUT2D eigenvalue weighted by Crippen LogP contribution is 2.37. The second-order valence-electron chi connectivity index (χ2n) is 4.91. The summed E-state index contributed by atoms with van der Waals surface area (Å²) in [5.41, 5.74) is 2.64. The van der Waals surface area contributed by atoms with Crippen LogP contribution in [-0.2, 0) is 11.2 Å². The van der Waals surface area contributed by atoms with Crippen LogP contribution in [0.2, 0.25) is 0 Å². The van der Waals surface area contributed by atoms with E-state index in [1.807, 2.05) is 6.07 Å². The van der Waals surface area contributed by atoms with Gasteiger partial charge in [0.1, 0.15) is 5.75 Å². The third kappa shape index (κ3) is 2.45. The van der Waals surface area contributed by atoms with Crippen LogP contribution in [0.1, 0.15) is 30.5 Å². The van der Waals surface area contributed by atoms with Gasteiger partial charge in [0, 0.05) is 19.2 Å². The van der Waals surface area contributed by atoms with Crippen molar-refractivity contribution in [1.82, 2.24) is 4.90 Å². The van der Waals surface area contributed by atoms with E-state index in [0.29, 0.717) is 17.8 Å². The quantitative estimate of drug-likeness (QED) is 0.869. The van der Waals surface area contributed by atoms with Gasteiger partial charge in [0.25, 0.3) is 0 Å². The Morgan fingerprint density at radius 3 is 3.00 bits per heavy atom. The van der Waals surface area contributed by atoms with Crippen molar-refractivity contribution in [2.45, 2.75) is 31.8 Å². The molecular weight excluding hydrogens is 214 g/mol. The third-order valence-electron chi connectivity index (χ3n) is 3.77. The van der Waals surface area contributed by atoms with E-state index in [1.54, 1.807) is 13.2 Å². The van der Waals surface area contributed by atoms with Crippen LogP contribution < -0.4 is 0 Å². The molecule has 0 bridgehead atoms. The summed E-state index contributed by atoms with van der Waals surface area (Å²) >= 11 is 0. The number of hydrogen-bond donors (Lipinski definition) is 1. The Bertz CT molecular complexity index is 392. The predicted molar refractivity (Wildman–Crippen MR) is 68.3 cm³/mol. The van der Waals surface area contributed by atoms with Crippen molar-refractivity contribution in [1.29, 1.82) is 0 Å². The van der Waals surface area contributed by atoms with Gasteiger partial charge in [-0.15, -0.1) is 0 Å². The first-order valence-electron chi connectivity index (χ1n) is 6.16. The lowest BCUT2D eigenvalue weighted by molar-refractivity contribution is 0.0891. The van der Waals surface area contributed by atoms with Gasteiger partial charge >= 0.3 is 0 Å². The number of likely N-dealkylation sites (N-methyl/N-ethyl adjacent to an activating group) is 1. The molecule has 0 saturated heterocycles. The van der Waals surface area contributed by atoms with Crippen molar-refractivity contribution in [3.8, 4) is 5.75 Å². The highest BCUT2D eigenvalue weighted by Gasteiger charge is 2.28. The Balaban J connectivity index is 2.16. The maximum absolute atomic E-state index is 9.48. The normalized spacial score (nSPS) is 20.6. The number of methoxy groups -OCH3 is 1. The molecule has 0 aliphatic heterocycles. The van der Waals surface area contributed by atoms with Gasteiger partial charge in [-0.3, -0.25) is 4.90 Å². The molecule has 1 aromatic carbocycles. The molecule has 0 amide bonds. The van der Waals surface area contributed by atoms with Crippen molar-refractivity contribution in [3.05, 3.63) is 29.3 Å². The molecule has 17 heavy (non-hydrogen) atoms. The SMILES string of the molecule is COCC(C)N(C)C1CCc2cc(O)ccc21. The Morgan fingerprint density at radius 1 is 1.53 bits per heavy atom. The highest BCUT2D eigenvalue weighted by molar-refractivity contribution is 5.40. The largest absolute Gasteiger partial charge is 0.508 e. The number of aryl methyl sites for hydroxylation is 1. The zero-order valence-electron chi connectivity index (χ0n) is 10.8. The predicted octanol–water partition coefficient (Wildman–Crippen LogP) is 2.35. The summed E-state index contributed by atoms with van der Waals surface area (Å²) in [6, 6.07) is 6.59. The van der Waals surface area contributed by atoms with Gasteiger partial charge in [0.2, 0.25) is 0 Å². The van der Waals surface area contributed by atoms with E-state index in [1.165, 1.54) is 11.1 Å². The Morgan fingerprint density at radius 2 is 2.29 bits per heavy atom. The van der Waals surface area contributed by atoms with Gasteiger partial charge in [-0.1, -0.05) is 6.07 Å². The van der Waals surface area contributed by atoms with Crippen molar-refractivity contribution in [2.24, 2.45) is 0 Å². The van der Waals surface area contributed by atoms with E-state index >= 15 is 0 Å². The molecule has 0 spiro atoms. The van der Waals surface area contributed by atoms with Crippen LogP contribution in [0, 0.1) is 0 Å². The van der Waals surface area contributed by atoms with Crippen LogP contribution in [-0.4, -0.2) is 36.8 Å². The fourth-order valence-electron chi connectivity index (χ4n) is 2.67. The van der Waals surface area contributed by atoms with Gasteiger partial charge in [-0.05, 0) is 50.1 Å². The van der Waals surface area contributed by atoms with E-state index < -0.39 is 0 Å². The lowest BCUT2D eigenvalue weighted by Gasteiger charge is -2.30. The number of nitrogens with zero attached hydrogens (tertiary/aromatic N) is 1. The fourth-order valence-corrected chi connectivity index (χ4v) is 2.67. The van der Waals surface area contributed by atoms with E-state index in [9.17, 15) is 5.11 Å². The molecule has 94 valence electrons. The molecule has 3 heteroatoms. The zero-order valence-corrected chi connectivity index (χ0v) is 10.8. The molecule has 0 saturated carbocycles. The van der Waals surface area contributed by atoms with Crippen molar-refractivity contribution >= 4 is 0 Å². The molecule has 1 aliphatic carbocycles. The third-order valence-corrected chi connectivity index (χ3v) is 3.77. The summed E-state index contributed by atoms with van der Waals surface area (Å²) in [4.78, 5) is 2.37. The summed E-state index contributed by atoms with van der Waals surface area (Å²) < 4.78 is 5.21. The second kappa shape index (κ2) is 5.07. The van der Waals surface area contributed by atoms with Crippen molar-refractivity contribution < 1.29 is 9.84 Å². The topological polar surface area (TPSA) is 32.7 Å². The molecule has 2 rings (SSSR count). The Hall–Kier alpha value is -1.06. The first-order chi connectivity index (χ1) is 8.13. The zero-order chi connectivity index (χ0) is 12.4. The number of hydrogen-bond acceptors (Lipinski definition) is 3. The number of phenols is 1. The number of phenolic OH excluding ortho intramolecular Hbond substituents is 1. The van der Waals surface area contributed by atoms with Crippen LogP contribution in [0.5, 0.6) is 5.75 Å². The van der Waals surface area contributed by atoms with E-state index in [0.717, 1.165) is 19.4 Å². The maximum atomic E-state index is 9.48. The van der Waals surface area contributed by atoms with Gasteiger partial charge < -0.3 is 9.84 Å². The maximum Gasteiger partial charge on any atom is 0.115 e. The summed E-state index contributed by atoms with van der Waals surface area (Å²) in [7, 11) is 3.89. The summed E-state index contributed by atoms with van der Waals surface area (Å²) in [6.07, 6.45) is 2.18. The molecule has 0 fully saturated rings. The summed E-state index contributed by atoms with van der Waals surface area (Å²) in [5, 5.41) is 9.48. The Labute approximate surface area is 103 Å². The van der Waals surface area contributed by atoms with Crippen LogP contribution in [0.25, 0.3) is 0 Å². The number of rotatable bonds is 4. The highest BCUT2D eigenvalue weighted by atomic mass is 16.5. The fraction of sp³-hybridized carbons (Fsp3) is 0.571. The molecule has 2 unspecified atom stereocenters. The van der Waals surface area contributed by atoms with Crippen molar-refractivity contribution in [2.75, 3.05) is 20.8 Å². The average molecular weight is 235 g/mol. The molecule has 0 radical (unpaired) electrons.